The molecule has 0 spiro atoms. The van der Waals surface area contributed by atoms with Crippen LogP contribution in [0.25, 0.3) is 5.69 Å². The quantitative estimate of drug-likeness (QED) is 0.895. The fraction of sp³-hybridized carbons (Fsp3) is 0.333. The highest BCUT2D eigenvalue weighted by atomic mass is 16.2. The summed E-state index contributed by atoms with van der Waals surface area (Å²) in [6.45, 7) is 0. The summed E-state index contributed by atoms with van der Waals surface area (Å²) in [5.74, 6) is 0.627. The minimum atomic E-state index is 0.0203. The number of rotatable bonds is 3. The molecule has 1 aliphatic carbocycles. The molecule has 3 N–H and O–H groups in total. The first kappa shape index (κ1) is 12.9. The molecule has 2 atom stereocenters. The molecule has 5 nitrogen and oxygen atoms in total. The van der Waals surface area contributed by atoms with Gasteiger partial charge in [0.1, 0.15) is 0 Å². The molecule has 1 saturated carbocycles. The van der Waals surface area contributed by atoms with Crippen LogP contribution in [0, 0.1) is 5.92 Å². The van der Waals surface area contributed by atoms with Crippen molar-refractivity contribution in [2.75, 3.05) is 5.32 Å². The highest BCUT2D eigenvalue weighted by molar-refractivity contribution is 5.91. The number of carbonyl (C=O) groups is 1. The van der Waals surface area contributed by atoms with Gasteiger partial charge in [0, 0.05) is 24.2 Å². The molecule has 20 heavy (non-hydrogen) atoms. The molecule has 2 aromatic rings. The topological polar surface area (TPSA) is 72.9 Å². The lowest BCUT2D eigenvalue weighted by Gasteiger charge is -2.08. The Morgan fingerprint density at radius 3 is 2.75 bits per heavy atom. The van der Waals surface area contributed by atoms with Crippen LogP contribution in [-0.4, -0.2) is 21.7 Å². The molecule has 1 aliphatic rings. The van der Waals surface area contributed by atoms with Gasteiger partial charge in [-0.05, 0) is 31.4 Å². The number of para-hydroxylation sites is 1. The van der Waals surface area contributed by atoms with E-state index in [0.717, 1.165) is 24.9 Å². The summed E-state index contributed by atoms with van der Waals surface area (Å²) >= 11 is 0. The summed E-state index contributed by atoms with van der Waals surface area (Å²) in [6, 6.07) is 11.8. The molecule has 1 fully saturated rings. The normalized spacial score (nSPS) is 21.9. The Balaban J connectivity index is 1.67. The minimum Gasteiger partial charge on any atom is -0.328 e. The number of nitrogens with one attached hydrogen (secondary N) is 1. The highest BCUT2D eigenvalue weighted by Gasteiger charge is 2.28. The molecule has 0 radical (unpaired) electrons. The number of nitrogens with zero attached hydrogens (tertiary/aromatic N) is 2. The molecule has 0 bridgehead atoms. The van der Waals surface area contributed by atoms with Crippen molar-refractivity contribution in [3.8, 4) is 5.69 Å². The van der Waals surface area contributed by atoms with Crippen molar-refractivity contribution in [3.63, 3.8) is 0 Å². The van der Waals surface area contributed by atoms with E-state index in [0.29, 0.717) is 5.82 Å². The molecule has 104 valence electrons. The lowest BCUT2D eigenvalue weighted by atomic mass is 10.1. The molecule has 1 aromatic heterocycles. The Bertz CT molecular complexity index is 593. The summed E-state index contributed by atoms with van der Waals surface area (Å²) in [4.78, 5) is 12.1. The molecular weight excluding hydrogens is 252 g/mol. The van der Waals surface area contributed by atoms with Gasteiger partial charge in [-0.3, -0.25) is 4.79 Å². The standard InChI is InChI=1S/C15H18N4O/c16-12-7-6-11(10-12)15(20)17-14-8-9-19(18-14)13-4-2-1-3-5-13/h1-5,8-9,11-12H,6-7,10,16H2,(H,17,18,20). The van der Waals surface area contributed by atoms with Crippen LogP contribution >= 0.6 is 0 Å². The van der Waals surface area contributed by atoms with Gasteiger partial charge in [-0.25, -0.2) is 4.68 Å². The number of benzene rings is 1. The number of aromatic nitrogens is 2. The van der Waals surface area contributed by atoms with Gasteiger partial charge in [0.25, 0.3) is 0 Å². The van der Waals surface area contributed by atoms with Crippen LogP contribution in [0.4, 0.5) is 5.82 Å². The van der Waals surface area contributed by atoms with E-state index in [2.05, 4.69) is 10.4 Å². The second kappa shape index (κ2) is 5.46. The first-order chi connectivity index (χ1) is 9.72. The number of anilines is 1. The number of hydrogen-bond donors (Lipinski definition) is 2. The molecule has 1 aromatic carbocycles. The predicted molar refractivity (Wildman–Crippen MR) is 77.5 cm³/mol. The minimum absolute atomic E-state index is 0.0203. The van der Waals surface area contributed by atoms with Gasteiger partial charge in [0.15, 0.2) is 5.82 Å². The smallest absolute Gasteiger partial charge is 0.228 e. The van der Waals surface area contributed by atoms with Crippen LogP contribution in [0.5, 0.6) is 0 Å². The van der Waals surface area contributed by atoms with Crippen molar-refractivity contribution in [2.45, 2.75) is 25.3 Å². The van der Waals surface area contributed by atoms with Gasteiger partial charge in [0.05, 0.1) is 5.69 Å². The molecule has 1 amide bonds. The molecule has 3 rings (SSSR count). The van der Waals surface area contributed by atoms with E-state index in [4.69, 9.17) is 5.73 Å². The second-order valence-corrected chi connectivity index (χ2v) is 5.24. The third-order valence-electron chi connectivity index (χ3n) is 3.71. The molecule has 0 aliphatic heterocycles. The van der Waals surface area contributed by atoms with E-state index >= 15 is 0 Å². The van der Waals surface area contributed by atoms with Gasteiger partial charge in [-0.1, -0.05) is 18.2 Å². The molecular formula is C15H18N4O. The average molecular weight is 270 g/mol. The van der Waals surface area contributed by atoms with Crippen molar-refractivity contribution in [1.82, 2.24) is 9.78 Å². The lowest BCUT2D eigenvalue weighted by molar-refractivity contribution is -0.119. The molecule has 1 heterocycles. The van der Waals surface area contributed by atoms with Crippen LogP contribution in [0.2, 0.25) is 0 Å². The Kier molecular flexibility index (Phi) is 3.52. The van der Waals surface area contributed by atoms with E-state index < -0.39 is 0 Å². The zero-order valence-corrected chi connectivity index (χ0v) is 11.2. The Morgan fingerprint density at radius 1 is 1.25 bits per heavy atom. The van der Waals surface area contributed by atoms with Gasteiger partial charge in [-0.2, -0.15) is 5.10 Å². The summed E-state index contributed by atoms with van der Waals surface area (Å²) in [5, 5.41) is 7.23. The number of amides is 1. The summed E-state index contributed by atoms with van der Waals surface area (Å²) in [5.41, 5.74) is 6.81. The first-order valence-corrected chi connectivity index (χ1v) is 6.90. The van der Waals surface area contributed by atoms with E-state index in [-0.39, 0.29) is 17.9 Å². The number of carbonyl (C=O) groups excluding carboxylic acids is 1. The van der Waals surface area contributed by atoms with Gasteiger partial charge >= 0.3 is 0 Å². The largest absolute Gasteiger partial charge is 0.328 e. The van der Waals surface area contributed by atoms with E-state index in [1.807, 2.05) is 36.5 Å². The van der Waals surface area contributed by atoms with Gasteiger partial charge in [-0.15, -0.1) is 0 Å². The zero-order chi connectivity index (χ0) is 13.9. The maximum atomic E-state index is 12.1. The average Bonchev–Trinajstić information content (AvgIpc) is 3.09. The molecule has 0 saturated heterocycles. The maximum Gasteiger partial charge on any atom is 0.228 e. The van der Waals surface area contributed by atoms with Crippen molar-refractivity contribution in [2.24, 2.45) is 11.7 Å². The molecule has 2 unspecified atom stereocenters. The third kappa shape index (κ3) is 2.72. The van der Waals surface area contributed by atoms with Crippen LogP contribution in [0.15, 0.2) is 42.6 Å². The number of hydrogen-bond acceptors (Lipinski definition) is 3. The zero-order valence-electron chi connectivity index (χ0n) is 11.2. The monoisotopic (exact) mass is 270 g/mol. The van der Waals surface area contributed by atoms with Gasteiger partial charge < -0.3 is 11.1 Å². The second-order valence-electron chi connectivity index (χ2n) is 5.24. The van der Waals surface area contributed by atoms with Crippen LogP contribution in [-0.2, 0) is 4.79 Å². The van der Waals surface area contributed by atoms with Gasteiger partial charge in [0.2, 0.25) is 5.91 Å². The summed E-state index contributed by atoms with van der Waals surface area (Å²) in [7, 11) is 0. The van der Waals surface area contributed by atoms with Crippen molar-refractivity contribution < 1.29 is 4.79 Å². The fourth-order valence-electron chi connectivity index (χ4n) is 2.60. The Hall–Kier alpha value is -2.14. The first-order valence-electron chi connectivity index (χ1n) is 6.90. The fourth-order valence-corrected chi connectivity index (χ4v) is 2.60. The van der Waals surface area contributed by atoms with Crippen molar-refractivity contribution in [3.05, 3.63) is 42.6 Å². The SMILES string of the molecule is NC1CCC(C(=O)Nc2ccn(-c3ccccc3)n2)C1. The lowest BCUT2D eigenvalue weighted by Crippen LogP contribution is -2.23. The Morgan fingerprint density at radius 2 is 2.05 bits per heavy atom. The van der Waals surface area contributed by atoms with Crippen LogP contribution < -0.4 is 11.1 Å². The maximum absolute atomic E-state index is 12.1. The number of nitrogens with two attached hydrogens (primary N) is 1. The van der Waals surface area contributed by atoms with E-state index in [1.165, 1.54) is 0 Å². The predicted octanol–water partition coefficient (Wildman–Crippen LogP) is 1.94. The Labute approximate surface area is 117 Å². The van der Waals surface area contributed by atoms with Crippen molar-refractivity contribution in [1.29, 1.82) is 0 Å². The van der Waals surface area contributed by atoms with Crippen LogP contribution in [0.1, 0.15) is 19.3 Å². The van der Waals surface area contributed by atoms with Crippen molar-refractivity contribution >= 4 is 11.7 Å². The third-order valence-corrected chi connectivity index (χ3v) is 3.71. The highest BCUT2D eigenvalue weighted by Crippen LogP contribution is 2.25. The summed E-state index contributed by atoms with van der Waals surface area (Å²) < 4.78 is 1.75. The summed E-state index contributed by atoms with van der Waals surface area (Å²) in [6.07, 6.45) is 4.40. The van der Waals surface area contributed by atoms with E-state index in [9.17, 15) is 4.79 Å². The van der Waals surface area contributed by atoms with E-state index in [1.54, 1.807) is 10.7 Å². The van der Waals surface area contributed by atoms with Crippen LogP contribution in [0.3, 0.4) is 0 Å². The molecule has 5 heteroatoms.